The summed E-state index contributed by atoms with van der Waals surface area (Å²) in [5.74, 6) is -0.129. The van der Waals surface area contributed by atoms with Gasteiger partial charge in [0.15, 0.2) is 0 Å². The smallest absolute Gasteiger partial charge is 0.253 e. The van der Waals surface area contributed by atoms with Crippen LogP contribution in [0, 0.1) is 0 Å². The Hall–Kier alpha value is -2.82. The number of amides is 1. The number of nitrogens with one attached hydrogen (secondary N) is 2. The number of anilines is 1. The van der Waals surface area contributed by atoms with E-state index in [-0.39, 0.29) is 11.9 Å². The topological polar surface area (TPSA) is 83.8 Å². The predicted octanol–water partition coefficient (Wildman–Crippen LogP) is 2.64. The third-order valence-corrected chi connectivity index (χ3v) is 3.50. The van der Waals surface area contributed by atoms with E-state index in [9.17, 15) is 4.79 Å². The van der Waals surface area contributed by atoms with Crippen molar-refractivity contribution in [2.24, 2.45) is 0 Å². The first-order valence-electron chi connectivity index (χ1n) is 6.72. The van der Waals surface area contributed by atoms with Crippen LogP contribution in [-0.4, -0.2) is 15.9 Å². The molecule has 0 spiro atoms. The van der Waals surface area contributed by atoms with Crippen LogP contribution in [0.5, 0.6) is 0 Å². The number of aromatic amines is 1. The summed E-state index contributed by atoms with van der Waals surface area (Å²) in [4.78, 5) is 19.5. The number of benzene rings is 1. The number of pyridine rings is 1. The van der Waals surface area contributed by atoms with Crippen LogP contribution in [0.25, 0.3) is 10.9 Å². The van der Waals surface area contributed by atoms with Crippen LogP contribution < -0.4 is 11.1 Å². The number of rotatable bonds is 3. The van der Waals surface area contributed by atoms with E-state index in [2.05, 4.69) is 15.3 Å². The van der Waals surface area contributed by atoms with Crippen LogP contribution in [0.3, 0.4) is 0 Å². The Kier molecular flexibility index (Phi) is 3.31. The second-order valence-electron chi connectivity index (χ2n) is 4.98. The van der Waals surface area contributed by atoms with Gasteiger partial charge in [-0.2, -0.15) is 0 Å². The molecule has 3 rings (SSSR count). The maximum absolute atomic E-state index is 12.4. The molecule has 1 aromatic carbocycles. The lowest BCUT2D eigenvalue weighted by atomic mass is 10.1. The number of hydrogen-bond donors (Lipinski definition) is 3. The summed E-state index contributed by atoms with van der Waals surface area (Å²) in [6.07, 6.45) is 5.13. The number of carbonyl (C=O) groups is 1. The zero-order valence-electron chi connectivity index (χ0n) is 11.6. The molecule has 1 atom stereocenters. The van der Waals surface area contributed by atoms with Crippen molar-refractivity contribution in [1.82, 2.24) is 15.3 Å². The molecule has 4 N–H and O–H groups in total. The first kappa shape index (κ1) is 13.2. The molecule has 0 saturated carbocycles. The van der Waals surface area contributed by atoms with E-state index in [0.717, 1.165) is 16.5 Å². The molecular formula is C16H16N4O. The molecule has 0 bridgehead atoms. The third-order valence-electron chi connectivity index (χ3n) is 3.50. The fraction of sp³-hybridized carbons (Fsp3) is 0.125. The molecule has 0 aliphatic heterocycles. The van der Waals surface area contributed by atoms with Crippen molar-refractivity contribution in [2.45, 2.75) is 13.0 Å². The van der Waals surface area contributed by atoms with Crippen LogP contribution in [0.15, 0.2) is 48.9 Å². The Morgan fingerprint density at radius 2 is 2.05 bits per heavy atom. The highest BCUT2D eigenvalue weighted by molar-refractivity contribution is 6.07. The fourth-order valence-electron chi connectivity index (χ4n) is 2.34. The minimum atomic E-state index is -0.129. The highest BCUT2D eigenvalue weighted by atomic mass is 16.1. The maximum atomic E-state index is 12.4. The summed E-state index contributed by atoms with van der Waals surface area (Å²) in [7, 11) is 0. The van der Waals surface area contributed by atoms with Gasteiger partial charge in [-0.1, -0.05) is 0 Å². The van der Waals surface area contributed by atoms with Gasteiger partial charge < -0.3 is 16.0 Å². The molecule has 106 valence electrons. The summed E-state index contributed by atoms with van der Waals surface area (Å²) in [5.41, 5.74) is 8.93. The molecule has 21 heavy (non-hydrogen) atoms. The van der Waals surface area contributed by atoms with Gasteiger partial charge >= 0.3 is 0 Å². The van der Waals surface area contributed by atoms with Crippen LogP contribution in [-0.2, 0) is 0 Å². The van der Waals surface area contributed by atoms with Crippen molar-refractivity contribution < 1.29 is 4.79 Å². The average Bonchev–Trinajstić information content (AvgIpc) is 2.91. The number of nitrogen functional groups attached to an aromatic ring is 1. The van der Waals surface area contributed by atoms with Crippen molar-refractivity contribution >= 4 is 22.5 Å². The van der Waals surface area contributed by atoms with Gasteiger partial charge in [0.1, 0.15) is 0 Å². The van der Waals surface area contributed by atoms with Gasteiger partial charge in [0.25, 0.3) is 5.91 Å². The molecule has 2 heterocycles. The van der Waals surface area contributed by atoms with Crippen LogP contribution in [0.1, 0.15) is 28.9 Å². The molecule has 3 aromatic rings. The Balaban J connectivity index is 1.86. The summed E-state index contributed by atoms with van der Waals surface area (Å²) < 4.78 is 0. The van der Waals surface area contributed by atoms with E-state index >= 15 is 0 Å². The zero-order valence-corrected chi connectivity index (χ0v) is 11.6. The Labute approximate surface area is 122 Å². The SMILES string of the molecule is CC(NC(=O)c1c[nH]c2ccc(N)cc12)c1ccncc1. The second kappa shape index (κ2) is 5.28. The van der Waals surface area contributed by atoms with Crippen molar-refractivity contribution in [3.05, 3.63) is 60.0 Å². The van der Waals surface area contributed by atoms with Crippen molar-refractivity contribution in [2.75, 3.05) is 5.73 Å². The number of carbonyl (C=O) groups excluding carboxylic acids is 1. The average molecular weight is 280 g/mol. The molecule has 2 aromatic heterocycles. The third kappa shape index (κ3) is 2.58. The molecule has 0 aliphatic rings. The highest BCUT2D eigenvalue weighted by Gasteiger charge is 2.15. The van der Waals surface area contributed by atoms with E-state index in [4.69, 9.17) is 5.73 Å². The molecule has 0 aliphatic carbocycles. The monoisotopic (exact) mass is 280 g/mol. The lowest BCUT2D eigenvalue weighted by Crippen LogP contribution is -2.26. The molecule has 5 heteroatoms. The van der Waals surface area contributed by atoms with Gasteiger partial charge in [0.2, 0.25) is 0 Å². The number of nitrogens with zero attached hydrogens (tertiary/aromatic N) is 1. The lowest BCUT2D eigenvalue weighted by Gasteiger charge is -2.13. The number of fused-ring (bicyclic) bond motifs is 1. The lowest BCUT2D eigenvalue weighted by molar-refractivity contribution is 0.0941. The molecule has 5 nitrogen and oxygen atoms in total. The Morgan fingerprint density at radius 3 is 2.81 bits per heavy atom. The molecule has 1 amide bonds. The Morgan fingerprint density at radius 1 is 1.29 bits per heavy atom. The van der Waals surface area contributed by atoms with Gasteiger partial charge in [0.05, 0.1) is 11.6 Å². The van der Waals surface area contributed by atoms with Gasteiger partial charge in [-0.3, -0.25) is 9.78 Å². The quantitative estimate of drug-likeness (QED) is 0.645. The van der Waals surface area contributed by atoms with Gasteiger partial charge in [0, 0.05) is 35.2 Å². The van der Waals surface area contributed by atoms with E-state index in [0.29, 0.717) is 11.3 Å². The van der Waals surface area contributed by atoms with E-state index in [1.165, 1.54) is 0 Å². The van der Waals surface area contributed by atoms with E-state index in [1.54, 1.807) is 30.7 Å². The normalized spacial score (nSPS) is 12.2. The molecule has 0 fully saturated rings. The van der Waals surface area contributed by atoms with Crippen molar-refractivity contribution in [3.63, 3.8) is 0 Å². The maximum Gasteiger partial charge on any atom is 0.253 e. The number of aromatic nitrogens is 2. The highest BCUT2D eigenvalue weighted by Crippen LogP contribution is 2.21. The minimum Gasteiger partial charge on any atom is -0.399 e. The molecule has 1 unspecified atom stereocenters. The van der Waals surface area contributed by atoms with Gasteiger partial charge in [-0.05, 0) is 42.8 Å². The first-order chi connectivity index (χ1) is 10.1. The Bertz CT molecular complexity index is 779. The number of H-pyrrole nitrogens is 1. The summed E-state index contributed by atoms with van der Waals surface area (Å²) in [5, 5.41) is 3.81. The van der Waals surface area contributed by atoms with Crippen LogP contribution in [0.4, 0.5) is 5.69 Å². The van der Waals surface area contributed by atoms with Gasteiger partial charge in [-0.15, -0.1) is 0 Å². The first-order valence-corrected chi connectivity index (χ1v) is 6.72. The van der Waals surface area contributed by atoms with E-state index < -0.39 is 0 Å². The largest absolute Gasteiger partial charge is 0.399 e. The summed E-state index contributed by atoms with van der Waals surface area (Å²) >= 11 is 0. The van der Waals surface area contributed by atoms with Crippen LogP contribution in [0.2, 0.25) is 0 Å². The minimum absolute atomic E-state index is 0.0912. The number of nitrogens with two attached hydrogens (primary N) is 1. The molecular weight excluding hydrogens is 264 g/mol. The molecule has 0 saturated heterocycles. The second-order valence-corrected chi connectivity index (χ2v) is 4.98. The van der Waals surface area contributed by atoms with Crippen molar-refractivity contribution in [3.8, 4) is 0 Å². The predicted molar refractivity (Wildman–Crippen MR) is 82.8 cm³/mol. The van der Waals surface area contributed by atoms with E-state index in [1.807, 2.05) is 25.1 Å². The standard InChI is InChI=1S/C16H16N4O/c1-10(11-4-6-18-7-5-11)20-16(21)14-9-19-15-3-2-12(17)8-13(14)15/h2-10,19H,17H2,1H3,(H,20,21). The summed E-state index contributed by atoms with van der Waals surface area (Å²) in [6, 6.07) is 9.16. The number of hydrogen-bond acceptors (Lipinski definition) is 3. The zero-order chi connectivity index (χ0) is 14.8. The fourth-order valence-corrected chi connectivity index (χ4v) is 2.34. The summed E-state index contributed by atoms with van der Waals surface area (Å²) in [6.45, 7) is 1.94. The van der Waals surface area contributed by atoms with Crippen molar-refractivity contribution in [1.29, 1.82) is 0 Å². The van der Waals surface area contributed by atoms with Crippen LogP contribution >= 0.6 is 0 Å². The molecule has 0 radical (unpaired) electrons. The van der Waals surface area contributed by atoms with Gasteiger partial charge in [-0.25, -0.2) is 0 Å².